The van der Waals surface area contributed by atoms with Gasteiger partial charge in [-0.1, -0.05) is 24.3 Å². The summed E-state index contributed by atoms with van der Waals surface area (Å²) >= 11 is 7.35. The van der Waals surface area contributed by atoms with Crippen LogP contribution in [-0.4, -0.2) is 91.5 Å². The van der Waals surface area contributed by atoms with Crippen LogP contribution >= 0.6 is 31.9 Å². The highest BCUT2D eigenvalue weighted by Crippen LogP contribution is 2.27. The van der Waals surface area contributed by atoms with Crippen LogP contribution in [0.5, 0.6) is 11.5 Å². The zero-order valence-electron chi connectivity index (χ0n) is 29.8. The minimum Gasteiger partial charge on any atom is -0.492 e. The molecule has 3 rings (SSSR count). The average molecular weight is 790 g/mol. The van der Waals surface area contributed by atoms with Crippen LogP contribution in [0.1, 0.15) is 62.8 Å². The Kier molecular flexibility index (Phi) is 18.3. The molecule has 48 heavy (non-hydrogen) atoms. The lowest BCUT2D eigenvalue weighted by molar-refractivity contribution is 0.280. The summed E-state index contributed by atoms with van der Waals surface area (Å²) in [7, 11) is 8.31. The highest BCUT2D eigenvalue weighted by Gasteiger charge is 2.07. The number of halogens is 2. The van der Waals surface area contributed by atoms with Crippen molar-refractivity contribution in [2.24, 2.45) is 4.99 Å². The van der Waals surface area contributed by atoms with Crippen LogP contribution < -0.4 is 14.8 Å². The Hall–Kier alpha value is -2.73. The third-order valence-electron chi connectivity index (χ3n) is 7.76. The van der Waals surface area contributed by atoms with E-state index in [1.54, 1.807) is 0 Å². The van der Waals surface area contributed by atoms with Crippen LogP contribution in [0.3, 0.4) is 0 Å². The predicted octanol–water partition coefficient (Wildman–Crippen LogP) is 7.57. The monoisotopic (exact) mass is 787 g/mol. The summed E-state index contributed by atoms with van der Waals surface area (Å²) in [5.41, 5.74) is 5.70. The van der Waals surface area contributed by atoms with Crippen molar-refractivity contribution in [3.63, 3.8) is 0 Å². The number of aromatic nitrogens is 3. The van der Waals surface area contributed by atoms with E-state index < -0.39 is 0 Å². The van der Waals surface area contributed by atoms with Gasteiger partial charge >= 0.3 is 0 Å². The molecule has 0 spiro atoms. The van der Waals surface area contributed by atoms with Gasteiger partial charge in [0, 0.05) is 44.3 Å². The summed E-state index contributed by atoms with van der Waals surface area (Å²) in [5.74, 6) is 1.78. The molecule has 0 atom stereocenters. The molecule has 1 N–H and O–H groups in total. The van der Waals surface area contributed by atoms with Crippen molar-refractivity contribution in [2.75, 3.05) is 61.0 Å². The van der Waals surface area contributed by atoms with Crippen molar-refractivity contribution in [1.82, 2.24) is 30.1 Å². The molecule has 2 aromatic carbocycles. The van der Waals surface area contributed by atoms with Crippen LogP contribution in [0.4, 0.5) is 0 Å². The van der Waals surface area contributed by atoms with Crippen LogP contribution in [0.25, 0.3) is 0 Å². The Morgan fingerprint density at radius 2 is 1.48 bits per heavy atom. The molecule has 264 valence electrons. The van der Waals surface area contributed by atoms with Crippen molar-refractivity contribution in [3.05, 3.63) is 80.3 Å². The average Bonchev–Trinajstić information content (AvgIpc) is 3.51. The Morgan fingerprint density at radius 1 is 0.875 bits per heavy atom. The number of aryl methyl sites for hydroxylation is 3. The molecule has 9 nitrogen and oxygen atoms in total. The fraction of sp³-hybridized carbons (Fsp3) is 0.541. The first-order valence-electron chi connectivity index (χ1n) is 17.1. The number of allylic oxidation sites excluding steroid dienone is 1. The lowest BCUT2D eigenvalue weighted by atomic mass is 10.1. The molecule has 0 saturated carbocycles. The molecule has 1 aromatic heterocycles. The van der Waals surface area contributed by atoms with E-state index in [-0.39, 0.29) is 0 Å². The number of ether oxygens (including phenoxy) is 2. The summed E-state index contributed by atoms with van der Waals surface area (Å²) in [5, 5.41) is 12.3. The first-order valence-corrected chi connectivity index (χ1v) is 18.7. The van der Waals surface area contributed by atoms with Crippen molar-refractivity contribution >= 4 is 37.6 Å². The highest BCUT2D eigenvalue weighted by molar-refractivity contribution is 9.10. The van der Waals surface area contributed by atoms with E-state index in [2.05, 4.69) is 142 Å². The van der Waals surface area contributed by atoms with Gasteiger partial charge in [0.2, 0.25) is 0 Å². The van der Waals surface area contributed by atoms with Gasteiger partial charge in [-0.05, 0) is 154 Å². The van der Waals surface area contributed by atoms with Crippen molar-refractivity contribution in [1.29, 1.82) is 0 Å². The van der Waals surface area contributed by atoms with Crippen LogP contribution in [0.15, 0.2) is 68.4 Å². The zero-order chi connectivity index (χ0) is 34.7. The van der Waals surface area contributed by atoms with E-state index >= 15 is 0 Å². The van der Waals surface area contributed by atoms with E-state index in [0.29, 0.717) is 13.2 Å². The number of rotatable bonds is 23. The number of benzene rings is 2. The third-order valence-corrected chi connectivity index (χ3v) is 9.00. The van der Waals surface area contributed by atoms with Crippen LogP contribution in [-0.2, 0) is 25.8 Å². The van der Waals surface area contributed by atoms with Gasteiger partial charge in [-0.2, -0.15) is 0 Å². The van der Waals surface area contributed by atoms with E-state index in [4.69, 9.17) is 14.5 Å². The maximum absolute atomic E-state index is 5.94. The van der Waals surface area contributed by atoms with Crippen molar-refractivity contribution < 1.29 is 9.47 Å². The van der Waals surface area contributed by atoms with Gasteiger partial charge in [0.25, 0.3) is 0 Å². The van der Waals surface area contributed by atoms with Gasteiger partial charge in [-0.3, -0.25) is 9.67 Å². The molecule has 0 aliphatic heterocycles. The third kappa shape index (κ3) is 15.7. The van der Waals surface area contributed by atoms with Crippen molar-refractivity contribution in [3.8, 4) is 11.5 Å². The standard InChI is InChI=1S/C37H55Br2N7O2/c1-7-29(2)41-32(27-40-19-17-30-13-15-36(34(38)25-30)47-23-9-20-44(3)4)11-8-12-33-28-46(43-42-33)22-18-31-14-16-37(35(39)26-31)48-24-10-21-45(5)6/h13-16,25-28,40H,7-12,17-24H2,1-6H3/b32-27-,41-29?. The summed E-state index contributed by atoms with van der Waals surface area (Å²) in [4.78, 5) is 9.22. The summed E-state index contributed by atoms with van der Waals surface area (Å²) in [6, 6.07) is 12.7. The number of nitrogens with zero attached hydrogens (tertiary/aromatic N) is 6. The van der Waals surface area contributed by atoms with Crippen LogP contribution in [0, 0.1) is 0 Å². The Morgan fingerprint density at radius 3 is 2.04 bits per heavy atom. The molecule has 0 fully saturated rings. The van der Waals surface area contributed by atoms with Gasteiger partial charge < -0.3 is 24.6 Å². The first kappa shape index (κ1) is 39.7. The molecule has 0 saturated heterocycles. The second-order valence-electron chi connectivity index (χ2n) is 12.7. The summed E-state index contributed by atoms with van der Waals surface area (Å²) in [6.45, 7) is 9.29. The molecule has 3 aromatic rings. The molecular formula is C37H55Br2N7O2. The second-order valence-corrected chi connectivity index (χ2v) is 14.4. The molecule has 0 unspecified atom stereocenters. The van der Waals surface area contributed by atoms with E-state index in [0.717, 1.165) is 115 Å². The minimum absolute atomic E-state index is 0.706. The van der Waals surface area contributed by atoms with Gasteiger partial charge in [-0.15, -0.1) is 5.10 Å². The van der Waals surface area contributed by atoms with Crippen molar-refractivity contribution in [2.45, 2.75) is 71.8 Å². The maximum atomic E-state index is 5.94. The molecule has 0 aliphatic rings. The summed E-state index contributed by atoms with van der Waals surface area (Å²) < 4.78 is 15.8. The lowest BCUT2D eigenvalue weighted by Crippen LogP contribution is -2.15. The second kappa shape index (κ2) is 22.1. The topological polar surface area (TPSA) is 80.0 Å². The van der Waals surface area contributed by atoms with Gasteiger partial charge in [-0.25, -0.2) is 0 Å². The van der Waals surface area contributed by atoms with Crippen LogP contribution in [0.2, 0.25) is 0 Å². The van der Waals surface area contributed by atoms with E-state index in [1.807, 2.05) is 10.7 Å². The SMILES string of the molecule is CCC(C)=N/C(=C\NCCc1ccc(OCCCN(C)C)c(Br)c1)CCCc1cn(CCc2ccc(OCCCN(C)C)c(Br)c2)nn1. The van der Waals surface area contributed by atoms with Gasteiger partial charge in [0.1, 0.15) is 11.5 Å². The van der Waals surface area contributed by atoms with E-state index in [9.17, 15) is 0 Å². The largest absolute Gasteiger partial charge is 0.492 e. The molecule has 0 bridgehead atoms. The van der Waals surface area contributed by atoms with Gasteiger partial charge in [0.15, 0.2) is 0 Å². The maximum Gasteiger partial charge on any atom is 0.133 e. The highest BCUT2D eigenvalue weighted by atomic mass is 79.9. The molecule has 0 amide bonds. The fourth-order valence-corrected chi connectivity index (χ4v) is 5.99. The number of hydrogen-bond donors (Lipinski definition) is 1. The fourth-order valence-electron chi connectivity index (χ4n) is 4.91. The lowest BCUT2D eigenvalue weighted by Gasteiger charge is -2.12. The molecule has 1 heterocycles. The molecule has 0 aliphatic carbocycles. The molecule has 0 radical (unpaired) electrons. The summed E-state index contributed by atoms with van der Waals surface area (Å²) in [6.07, 6.45) is 11.6. The number of hydrogen-bond acceptors (Lipinski definition) is 8. The normalized spacial score (nSPS) is 12.3. The quantitative estimate of drug-likeness (QED) is 0.0785. The Labute approximate surface area is 305 Å². The first-order chi connectivity index (χ1) is 23.1. The minimum atomic E-state index is 0.706. The van der Waals surface area contributed by atoms with E-state index in [1.165, 1.54) is 11.1 Å². The molecular weight excluding hydrogens is 734 g/mol. The van der Waals surface area contributed by atoms with Gasteiger partial charge in [0.05, 0.1) is 33.6 Å². The Bertz CT molecular complexity index is 1440. The smallest absolute Gasteiger partial charge is 0.133 e. The molecule has 11 heteroatoms. The zero-order valence-corrected chi connectivity index (χ0v) is 32.9. The number of aliphatic imine (C=N–C) groups is 1. The number of nitrogens with one attached hydrogen (secondary N) is 1. The predicted molar refractivity (Wildman–Crippen MR) is 205 cm³/mol. The Balaban J connectivity index is 1.42.